The lowest BCUT2D eigenvalue weighted by atomic mass is 9.44. The Bertz CT molecular complexity index is 274. The zero-order valence-electron chi connectivity index (χ0n) is 11.0. The van der Waals surface area contributed by atoms with Gasteiger partial charge in [0.25, 0.3) is 0 Å². The first-order valence-electron chi connectivity index (χ1n) is 6.08. The van der Waals surface area contributed by atoms with E-state index in [0.717, 1.165) is 0 Å². The number of hydrogen-bond donors (Lipinski definition) is 0. The minimum atomic E-state index is -0.205. The molecule has 0 aromatic carbocycles. The summed E-state index contributed by atoms with van der Waals surface area (Å²) in [5.74, 6) is 1.12. The minimum absolute atomic E-state index is 0.0128. The van der Waals surface area contributed by atoms with Crippen LogP contribution in [0.5, 0.6) is 0 Å². The molecule has 88 valence electrons. The lowest BCUT2D eigenvalue weighted by Gasteiger charge is -2.60. The summed E-state index contributed by atoms with van der Waals surface area (Å²) in [6, 6.07) is 0. The Morgan fingerprint density at radius 1 is 1.07 bits per heavy atom. The Hall–Kier alpha value is -0.530. The first kappa shape index (κ1) is 12.5. The summed E-state index contributed by atoms with van der Waals surface area (Å²) in [5.41, 5.74) is -0.146. The molecule has 2 fully saturated rings. The van der Waals surface area contributed by atoms with Gasteiger partial charge >= 0.3 is 5.97 Å². The van der Waals surface area contributed by atoms with Crippen LogP contribution in [0.4, 0.5) is 0 Å². The van der Waals surface area contributed by atoms with E-state index in [1.54, 1.807) is 0 Å². The molecule has 0 aromatic heterocycles. The zero-order chi connectivity index (χ0) is 12.0. The number of hydrogen-bond acceptors (Lipinski definition) is 2. The van der Waals surface area contributed by atoms with Crippen LogP contribution in [0.3, 0.4) is 0 Å². The molecule has 1 saturated carbocycles. The highest BCUT2D eigenvalue weighted by atomic mass is 16.6. The van der Waals surface area contributed by atoms with E-state index < -0.39 is 0 Å². The van der Waals surface area contributed by atoms with Gasteiger partial charge in [-0.25, -0.2) is 0 Å². The second-order valence-corrected chi connectivity index (χ2v) is 5.11. The van der Waals surface area contributed by atoms with Crippen LogP contribution in [0.2, 0.25) is 0 Å². The number of rotatable bonds is 0. The van der Waals surface area contributed by atoms with Crippen molar-refractivity contribution in [2.45, 2.75) is 54.1 Å². The maximum absolute atomic E-state index is 11.5. The van der Waals surface area contributed by atoms with Crippen LogP contribution in [0, 0.1) is 23.2 Å². The highest BCUT2D eigenvalue weighted by molar-refractivity contribution is 5.77. The van der Waals surface area contributed by atoms with E-state index in [4.69, 9.17) is 4.74 Å². The maximum Gasteiger partial charge on any atom is 0.309 e. The van der Waals surface area contributed by atoms with Crippen molar-refractivity contribution in [1.82, 2.24) is 0 Å². The van der Waals surface area contributed by atoms with Crippen molar-refractivity contribution in [3.63, 3.8) is 0 Å². The number of esters is 1. The van der Waals surface area contributed by atoms with Gasteiger partial charge in [-0.1, -0.05) is 41.5 Å². The van der Waals surface area contributed by atoms with Gasteiger partial charge in [-0.05, 0) is 18.8 Å². The Labute approximate surface area is 93.4 Å². The Kier molecular flexibility index (Phi) is 2.92. The van der Waals surface area contributed by atoms with Crippen molar-refractivity contribution < 1.29 is 9.53 Å². The fourth-order valence-corrected chi connectivity index (χ4v) is 3.41. The van der Waals surface area contributed by atoms with Gasteiger partial charge in [0.1, 0.15) is 5.60 Å². The van der Waals surface area contributed by atoms with Crippen molar-refractivity contribution in [1.29, 1.82) is 0 Å². The lowest BCUT2D eigenvalue weighted by Crippen LogP contribution is -2.65. The van der Waals surface area contributed by atoms with E-state index in [2.05, 4.69) is 27.7 Å². The van der Waals surface area contributed by atoms with Crippen molar-refractivity contribution >= 4 is 5.97 Å². The summed E-state index contributed by atoms with van der Waals surface area (Å²) >= 11 is 0. The third kappa shape index (κ3) is 1.14. The van der Waals surface area contributed by atoms with Gasteiger partial charge in [-0.3, -0.25) is 4.79 Å². The van der Waals surface area contributed by atoms with Gasteiger partial charge in [0.05, 0.1) is 5.92 Å². The van der Waals surface area contributed by atoms with E-state index in [1.165, 1.54) is 0 Å². The summed E-state index contributed by atoms with van der Waals surface area (Å²) < 4.78 is 5.51. The molecule has 1 aliphatic heterocycles. The lowest BCUT2D eigenvalue weighted by molar-refractivity contribution is -0.212. The van der Waals surface area contributed by atoms with Gasteiger partial charge < -0.3 is 4.74 Å². The molecule has 5 atom stereocenters. The molecule has 0 spiro atoms. The first-order chi connectivity index (χ1) is 6.85. The van der Waals surface area contributed by atoms with Crippen molar-refractivity contribution in [2.75, 3.05) is 0 Å². The van der Waals surface area contributed by atoms with E-state index in [-0.39, 0.29) is 22.9 Å². The molecule has 0 bridgehead atoms. The predicted molar refractivity (Wildman–Crippen MR) is 61.4 cm³/mol. The van der Waals surface area contributed by atoms with E-state index in [9.17, 15) is 4.79 Å². The fourth-order valence-electron chi connectivity index (χ4n) is 3.41. The molecule has 1 heterocycles. The summed E-state index contributed by atoms with van der Waals surface area (Å²) in [6.45, 7) is 14.7. The molecule has 2 rings (SSSR count). The van der Waals surface area contributed by atoms with Crippen LogP contribution in [-0.4, -0.2) is 11.6 Å². The highest BCUT2D eigenvalue weighted by Gasteiger charge is 2.73. The molecule has 5 unspecified atom stereocenters. The molecule has 0 radical (unpaired) electrons. The van der Waals surface area contributed by atoms with Crippen LogP contribution >= 0.6 is 0 Å². The van der Waals surface area contributed by atoms with E-state index in [0.29, 0.717) is 11.8 Å². The number of carbonyl (C=O) groups excluding carboxylic acids is 1. The van der Waals surface area contributed by atoms with Crippen LogP contribution in [0.25, 0.3) is 0 Å². The number of carbonyl (C=O) groups is 1. The molecule has 1 aliphatic carbocycles. The van der Waals surface area contributed by atoms with Gasteiger partial charge in [0, 0.05) is 5.41 Å². The zero-order valence-corrected chi connectivity index (χ0v) is 11.0. The second-order valence-electron chi connectivity index (χ2n) is 5.11. The summed E-state index contributed by atoms with van der Waals surface area (Å²) in [6.07, 6.45) is 0. The quantitative estimate of drug-likeness (QED) is 0.576. The minimum Gasteiger partial charge on any atom is -0.458 e. The van der Waals surface area contributed by atoms with Crippen LogP contribution < -0.4 is 0 Å². The molecule has 1 saturated heterocycles. The van der Waals surface area contributed by atoms with Gasteiger partial charge in [-0.2, -0.15) is 0 Å². The largest absolute Gasteiger partial charge is 0.458 e. The SMILES string of the molecule is CC.CC1C(C)C2(C)C(C)C(=O)OC12C. The topological polar surface area (TPSA) is 26.3 Å². The third-order valence-electron chi connectivity index (χ3n) is 5.20. The molecular weight excluding hydrogens is 188 g/mol. The number of ether oxygens (including phenoxy) is 1. The van der Waals surface area contributed by atoms with Gasteiger partial charge in [0.2, 0.25) is 0 Å². The summed E-state index contributed by atoms with van der Waals surface area (Å²) in [5, 5.41) is 0. The molecule has 0 aromatic rings. The maximum atomic E-state index is 11.5. The van der Waals surface area contributed by atoms with Crippen molar-refractivity contribution in [3.05, 3.63) is 0 Å². The van der Waals surface area contributed by atoms with Crippen LogP contribution in [-0.2, 0) is 9.53 Å². The molecular formula is C13H24O2. The highest BCUT2D eigenvalue weighted by Crippen LogP contribution is 2.67. The number of fused-ring (bicyclic) bond motifs is 1. The molecule has 2 heteroatoms. The fraction of sp³-hybridized carbons (Fsp3) is 0.923. The van der Waals surface area contributed by atoms with E-state index in [1.807, 2.05) is 20.8 Å². The van der Waals surface area contributed by atoms with Crippen molar-refractivity contribution in [2.24, 2.45) is 23.2 Å². The monoisotopic (exact) mass is 212 g/mol. The van der Waals surface area contributed by atoms with Crippen LogP contribution in [0.15, 0.2) is 0 Å². The predicted octanol–water partition coefficient (Wildman–Crippen LogP) is 3.26. The average Bonchev–Trinajstić information content (AvgIpc) is 2.41. The molecule has 15 heavy (non-hydrogen) atoms. The molecule has 2 aliphatic rings. The van der Waals surface area contributed by atoms with Crippen molar-refractivity contribution in [3.8, 4) is 0 Å². The summed E-state index contributed by atoms with van der Waals surface area (Å²) in [4.78, 5) is 11.5. The third-order valence-corrected chi connectivity index (χ3v) is 5.20. The molecule has 0 amide bonds. The standard InChI is InChI=1S/C11H18O2.C2H6/c1-6-7(2)11(5)10(6,4)8(3)9(12)13-11;1-2/h6-8H,1-5H3;1-2H3. The average molecular weight is 212 g/mol. The molecule has 0 N–H and O–H groups in total. The van der Waals surface area contributed by atoms with Gasteiger partial charge in [0.15, 0.2) is 0 Å². The Morgan fingerprint density at radius 3 is 1.93 bits per heavy atom. The Morgan fingerprint density at radius 2 is 1.53 bits per heavy atom. The first-order valence-corrected chi connectivity index (χ1v) is 6.08. The van der Waals surface area contributed by atoms with Crippen LogP contribution in [0.1, 0.15) is 48.5 Å². The van der Waals surface area contributed by atoms with E-state index >= 15 is 0 Å². The van der Waals surface area contributed by atoms with Gasteiger partial charge in [-0.15, -0.1) is 0 Å². The normalized spacial score (nSPS) is 52.2. The molecule has 2 nitrogen and oxygen atoms in total. The Balaban J connectivity index is 0.000000531. The smallest absolute Gasteiger partial charge is 0.309 e. The second kappa shape index (κ2) is 3.50. The summed E-state index contributed by atoms with van der Waals surface area (Å²) in [7, 11) is 0.